The third-order valence-corrected chi connectivity index (χ3v) is 6.02. The van der Waals surface area contributed by atoms with E-state index in [2.05, 4.69) is 43.1 Å². The van der Waals surface area contributed by atoms with E-state index in [9.17, 15) is 4.79 Å². The monoisotopic (exact) mass is 396 g/mol. The van der Waals surface area contributed by atoms with Gasteiger partial charge in [0, 0.05) is 17.5 Å². The fraction of sp³-hybridized carbons (Fsp3) is 0.240. The Balaban J connectivity index is 1.55. The number of hydrogen-bond donors (Lipinski definition) is 1. The Hall–Kier alpha value is -3.47. The molecule has 5 rings (SSSR count). The fourth-order valence-corrected chi connectivity index (χ4v) is 4.30. The zero-order chi connectivity index (χ0) is 20.8. The van der Waals surface area contributed by atoms with Crippen LogP contribution in [0, 0.1) is 0 Å². The zero-order valence-corrected chi connectivity index (χ0v) is 17.2. The zero-order valence-electron chi connectivity index (χ0n) is 17.2. The number of fused-ring (bicyclic) bond motifs is 2. The molecule has 0 aliphatic heterocycles. The summed E-state index contributed by atoms with van der Waals surface area (Å²) < 4.78 is 1.67. The first kappa shape index (κ1) is 18.6. The van der Waals surface area contributed by atoms with Gasteiger partial charge in [-0.2, -0.15) is 9.61 Å². The van der Waals surface area contributed by atoms with Crippen LogP contribution in [-0.2, 0) is 6.42 Å². The summed E-state index contributed by atoms with van der Waals surface area (Å²) >= 11 is 0. The van der Waals surface area contributed by atoms with Crippen molar-refractivity contribution in [2.45, 2.75) is 38.5 Å². The molecule has 0 spiro atoms. The van der Waals surface area contributed by atoms with Crippen molar-refractivity contribution in [1.82, 2.24) is 14.6 Å². The number of imidazole rings is 1. The van der Waals surface area contributed by atoms with Crippen molar-refractivity contribution in [2.24, 2.45) is 0 Å². The first-order chi connectivity index (χ1) is 14.5. The van der Waals surface area contributed by atoms with E-state index >= 15 is 0 Å². The van der Waals surface area contributed by atoms with Gasteiger partial charge in [0.2, 0.25) is 5.95 Å². The molecule has 2 heterocycles. The number of carbonyl (C=O) groups is 1. The number of hydrogen-bond acceptors (Lipinski definition) is 4. The molecule has 0 saturated carbocycles. The SMILES string of the molecule is CC(C)c1ccc([C@H]2CC(=O)c3cc4c(-c5ccccc5)nc(N)n4nc3C2)cc1. The summed E-state index contributed by atoms with van der Waals surface area (Å²) in [6.07, 6.45) is 1.21. The van der Waals surface area contributed by atoms with Crippen molar-refractivity contribution in [3.05, 3.63) is 83.0 Å². The second-order valence-electron chi connectivity index (χ2n) is 8.34. The maximum Gasteiger partial charge on any atom is 0.222 e. The summed E-state index contributed by atoms with van der Waals surface area (Å²) in [6.45, 7) is 4.37. The van der Waals surface area contributed by atoms with Gasteiger partial charge in [-0.15, -0.1) is 0 Å². The maximum absolute atomic E-state index is 13.0. The first-order valence-electron chi connectivity index (χ1n) is 10.4. The highest BCUT2D eigenvalue weighted by molar-refractivity contribution is 6.00. The van der Waals surface area contributed by atoms with Crippen LogP contribution in [-0.4, -0.2) is 20.4 Å². The number of carbonyl (C=O) groups excluding carboxylic acids is 1. The fourth-order valence-electron chi connectivity index (χ4n) is 4.30. The van der Waals surface area contributed by atoms with Crippen LogP contribution < -0.4 is 5.73 Å². The van der Waals surface area contributed by atoms with E-state index in [1.54, 1.807) is 4.52 Å². The Bertz CT molecular complexity index is 1240. The van der Waals surface area contributed by atoms with Gasteiger partial charge < -0.3 is 5.73 Å². The number of benzene rings is 2. The molecule has 1 aliphatic carbocycles. The van der Waals surface area contributed by atoms with Crippen LogP contribution in [0.4, 0.5) is 5.95 Å². The minimum atomic E-state index is 0.128. The summed E-state index contributed by atoms with van der Waals surface area (Å²) in [6, 6.07) is 20.4. The maximum atomic E-state index is 13.0. The standard InChI is InChI=1S/C25H24N4O/c1-15(2)16-8-10-17(11-9-16)19-12-21-20(23(30)13-19)14-22-24(18-6-4-3-5-7-18)27-25(26)29(22)28-21/h3-11,14-15,19H,12-13H2,1-2H3,(H2,26,27)/t19-/m1/s1. The normalized spacial score (nSPS) is 16.2. The highest BCUT2D eigenvalue weighted by Gasteiger charge is 2.29. The van der Waals surface area contributed by atoms with Gasteiger partial charge >= 0.3 is 0 Å². The predicted molar refractivity (Wildman–Crippen MR) is 119 cm³/mol. The summed E-state index contributed by atoms with van der Waals surface area (Å²) in [5.74, 6) is 1.09. The van der Waals surface area contributed by atoms with Crippen LogP contribution in [0.1, 0.15) is 59.3 Å². The number of rotatable bonds is 3. The molecule has 5 nitrogen and oxygen atoms in total. The second kappa shape index (κ2) is 7.10. The van der Waals surface area contributed by atoms with Crippen LogP contribution in [0.5, 0.6) is 0 Å². The molecule has 4 aromatic rings. The lowest BCUT2D eigenvalue weighted by atomic mass is 9.81. The van der Waals surface area contributed by atoms with Gasteiger partial charge in [-0.1, -0.05) is 68.4 Å². The van der Waals surface area contributed by atoms with E-state index in [0.29, 0.717) is 23.9 Å². The van der Waals surface area contributed by atoms with Gasteiger partial charge in [-0.05, 0) is 35.4 Å². The smallest absolute Gasteiger partial charge is 0.222 e. The summed E-state index contributed by atoms with van der Waals surface area (Å²) in [7, 11) is 0. The highest BCUT2D eigenvalue weighted by Crippen LogP contribution is 2.35. The Morgan fingerprint density at radius 3 is 2.47 bits per heavy atom. The van der Waals surface area contributed by atoms with Gasteiger partial charge in [0.25, 0.3) is 0 Å². The van der Waals surface area contributed by atoms with Crippen LogP contribution in [0.25, 0.3) is 16.8 Å². The molecule has 0 fully saturated rings. The number of ketones is 1. The first-order valence-corrected chi connectivity index (χ1v) is 10.4. The molecule has 0 amide bonds. The quantitative estimate of drug-likeness (QED) is 0.528. The number of nitrogen functional groups attached to an aromatic ring is 1. The van der Waals surface area contributed by atoms with Crippen LogP contribution in [0.15, 0.2) is 60.7 Å². The van der Waals surface area contributed by atoms with Crippen LogP contribution >= 0.6 is 0 Å². The van der Waals surface area contributed by atoms with E-state index in [1.807, 2.05) is 36.4 Å². The Labute approximate surface area is 175 Å². The van der Waals surface area contributed by atoms with Crippen molar-refractivity contribution >= 4 is 17.2 Å². The third-order valence-electron chi connectivity index (χ3n) is 6.02. The number of Topliss-reactive ketones (excluding diaryl/α,β-unsaturated/α-hetero) is 1. The van der Waals surface area contributed by atoms with Crippen LogP contribution in [0.3, 0.4) is 0 Å². The van der Waals surface area contributed by atoms with Gasteiger partial charge in [-0.3, -0.25) is 4.79 Å². The number of nitrogens with two attached hydrogens (primary N) is 1. The molecule has 0 unspecified atom stereocenters. The molecule has 30 heavy (non-hydrogen) atoms. The molecule has 1 atom stereocenters. The van der Waals surface area contributed by atoms with E-state index in [1.165, 1.54) is 11.1 Å². The molecule has 5 heteroatoms. The van der Waals surface area contributed by atoms with Gasteiger partial charge in [-0.25, -0.2) is 4.98 Å². The summed E-state index contributed by atoms with van der Waals surface area (Å²) in [4.78, 5) is 17.6. The van der Waals surface area contributed by atoms with Crippen molar-refractivity contribution in [3.8, 4) is 11.3 Å². The molecule has 0 radical (unpaired) electrons. The van der Waals surface area contributed by atoms with Gasteiger partial charge in [0.15, 0.2) is 5.78 Å². The van der Waals surface area contributed by atoms with E-state index < -0.39 is 0 Å². The largest absolute Gasteiger partial charge is 0.368 e. The van der Waals surface area contributed by atoms with Gasteiger partial charge in [0.05, 0.1) is 11.2 Å². The minimum Gasteiger partial charge on any atom is -0.368 e. The molecule has 1 aliphatic rings. The van der Waals surface area contributed by atoms with Crippen molar-refractivity contribution in [2.75, 3.05) is 5.73 Å². The highest BCUT2D eigenvalue weighted by atomic mass is 16.1. The minimum absolute atomic E-state index is 0.128. The second-order valence-corrected chi connectivity index (χ2v) is 8.34. The molecular weight excluding hydrogens is 372 g/mol. The van der Waals surface area contributed by atoms with E-state index in [-0.39, 0.29) is 11.7 Å². The lowest BCUT2D eigenvalue weighted by molar-refractivity contribution is 0.0963. The molecule has 0 saturated heterocycles. The Morgan fingerprint density at radius 2 is 1.77 bits per heavy atom. The van der Waals surface area contributed by atoms with Crippen molar-refractivity contribution in [3.63, 3.8) is 0 Å². The molecule has 2 aromatic heterocycles. The Kier molecular flexibility index (Phi) is 4.39. The van der Waals surface area contributed by atoms with Crippen molar-refractivity contribution in [1.29, 1.82) is 0 Å². The summed E-state index contributed by atoms with van der Waals surface area (Å²) in [5.41, 5.74) is 12.6. The van der Waals surface area contributed by atoms with Gasteiger partial charge in [0.1, 0.15) is 5.69 Å². The Morgan fingerprint density at radius 1 is 1.03 bits per heavy atom. The number of nitrogens with zero attached hydrogens (tertiary/aromatic N) is 3. The third kappa shape index (κ3) is 3.07. The van der Waals surface area contributed by atoms with E-state index in [0.717, 1.165) is 28.9 Å². The number of anilines is 1. The molecule has 2 N–H and O–H groups in total. The molecular formula is C25H24N4O. The molecule has 0 bridgehead atoms. The average molecular weight is 396 g/mol. The molecule has 2 aromatic carbocycles. The van der Waals surface area contributed by atoms with Crippen molar-refractivity contribution < 1.29 is 4.79 Å². The molecule has 150 valence electrons. The van der Waals surface area contributed by atoms with Crippen LogP contribution in [0.2, 0.25) is 0 Å². The lowest BCUT2D eigenvalue weighted by Gasteiger charge is -2.23. The number of aromatic nitrogens is 3. The lowest BCUT2D eigenvalue weighted by Crippen LogP contribution is -2.21. The topological polar surface area (TPSA) is 73.3 Å². The summed E-state index contributed by atoms with van der Waals surface area (Å²) in [5, 5.41) is 4.74. The van der Waals surface area contributed by atoms with E-state index in [4.69, 9.17) is 10.8 Å². The average Bonchev–Trinajstić information content (AvgIpc) is 3.09. The predicted octanol–water partition coefficient (Wildman–Crippen LogP) is 5.01.